The second-order valence-corrected chi connectivity index (χ2v) is 4.24. The third-order valence-electron chi connectivity index (χ3n) is 2.04. The molecular formula is C11H13N3S. The number of hydrogen-bond donors (Lipinski definition) is 1. The third kappa shape index (κ3) is 2.84. The van der Waals surface area contributed by atoms with Crippen molar-refractivity contribution in [2.45, 2.75) is 13.0 Å². The average molecular weight is 219 g/mol. The summed E-state index contributed by atoms with van der Waals surface area (Å²) in [5.74, 6) is 0. The molecule has 3 nitrogen and oxygen atoms in total. The quantitative estimate of drug-likeness (QED) is 0.852. The van der Waals surface area contributed by atoms with E-state index in [1.165, 1.54) is 5.56 Å². The molecule has 1 N–H and O–H groups in total. The molecule has 2 aromatic rings. The van der Waals surface area contributed by atoms with E-state index < -0.39 is 0 Å². The van der Waals surface area contributed by atoms with Crippen LogP contribution in [0.2, 0.25) is 0 Å². The largest absolute Gasteiger partial charge is 0.314 e. The summed E-state index contributed by atoms with van der Waals surface area (Å²) >= 11 is 1.71. The van der Waals surface area contributed by atoms with Crippen LogP contribution in [0.3, 0.4) is 0 Å². The van der Waals surface area contributed by atoms with E-state index in [1.54, 1.807) is 17.5 Å². The highest BCUT2D eigenvalue weighted by Gasteiger charge is 2.02. The van der Waals surface area contributed by atoms with Gasteiger partial charge < -0.3 is 5.32 Å². The van der Waals surface area contributed by atoms with E-state index in [0.29, 0.717) is 0 Å². The standard InChI is InChI=1S/C11H13N3S/c1-12-7-10-8-15-11(14-10)5-9-3-2-4-13-6-9/h2-4,6,8,12H,5,7H2,1H3. The molecule has 0 atom stereocenters. The fraction of sp³-hybridized carbons (Fsp3) is 0.273. The van der Waals surface area contributed by atoms with Crippen LogP contribution in [0.5, 0.6) is 0 Å². The van der Waals surface area contributed by atoms with Crippen molar-refractivity contribution >= 4 is 11.3 Å². The molecule has 4 heteroatoms. The van der Waals surface area contributed by atoms with Crippen molar-refractivity contribution in [1.82, 2.24) is 15.3 Å². The molecule has 0 spiro atoms. The van der Waals surface area contributed by atoms with Crippen LogP contribution in [-0.4, -0.2) is 17.0 Å². The Morgan fingerprint density at radius 2 is 2.40 bits per heavy atom. The van der Waals surface area contributed by atoms with Gasteiger partial charge in [0.05, 0.1) is 10.7 Å². The Labute approximate surface area is 93.2 Å². The van der Waals surface area contributed by atoms with Gasteiger partial charge in [0.1, 0.15) is 0 Å². The van der Waals surface area contributed by atoms with Gasteiger partial charge >= 0.3 is 0 Å². The normalized spacial score (nSPS) is 10.5. The molecule has 0 radical (unpaired) electrons. The number of aromatic nitrogens is 2. The predicted octanol–water partition coefficient (Wildman–Crippen LogP) is 1.85. The molecule has 0 aliphatic carbocycles. The fourth-order valence-electron chi connectivity index (χ4n) is 1.37. The lowest BCUT2D eigenvalue weighted by Crippen LogP contribution is -2.05. The fourth-order valence-corrected chi connectivity index (χ4v) is 2.20. The van der Waals surface area contributed by atoms with Crippen LogP contribution in [0.25, 0.3) is 0 Å². The molecule has 0 saturated heterocycles. The minimum Gasteiger partial charge on any atom is -0.314 e. The summed E-state index contributed by atoms with van der Waals surface area (Å²) in [7, 11) is 1.93. The van der Waals surface area contributed by atoms with Gasteiger partial charge in [-0.2, -0.15) is 0 Å². The van der Waals surface area contributed by atoms with E-state index in [4.69, 9.17) is 0 Å². The van der Waals surface area contributed by atoms with Crippen LogP contribution in [0.1, 0.15) is 16.3 Å². The van der Waals surface area contributed by atoms with Gasteiger partial charge in [-0.25, -0.2) is 4.98 Å². The van der Waals surface area contributed by atoms with E-state index in [2.05, 4.69) is 26.7 Å². The van der Waals surface area contributed by atoms with E-state index in [0.717, 1.165) is 23.7 Å². The van der Waals surface area contributed by atoms with Gasteiger partial charge in [-0.1, -0.05) is 6.07 Å². The van der Waals surface area contributed by atoms with Crippen molar-refractivity contribution in [3.63, 3.8) is 0 Å². The molecule has 0 aliphatic rings. The van der Waals surface area contributed by atoms with Gasteiger partial charge in [0.2, 0.25) is 0 Å². The lowest BCUT2D eigenvalue weighted by molar-refractivity contribution is 0.793. The topological polar surface area (TPSA) is 37.8 Å². The zero-order valence-electron chi connectivity index (χ0n) is 8.60. The van der Waals surface area contributed by atoms with E-state index in [9.17, 15) is 0 Å². The number of rotatable bonds is 4. The van der Waals surface area contributed by atoms with Crippen LogP contribution in [0.15, 0.2) is 29.9 Å². The van der Waals surface area contributed by atoms with E-state index in [1.807, 2.05) is 19.3 Å². The predicted molar refractivity (Wildman–Crippen MR) is 61.9 cm³/mol. The molecular weight excluding hydrogens is 206 g/mol. The number of thiazole rings is 1. The Morgan fingerprint density at radius 3 is 3.13 bits per heavy atom. The minimum absolute atomic E-state index is 0.837. The SMILES string of the molecule is CNCc1csc(Cc2cccnc2)n1. The molecule has 2 rings (SSSR count). The highest BCUT2D eigenvalue weighted by Crippen LogP contribution is 2.13. The van der Waals surface area contributed by atoms with Gasteiger partial charge in [-0.05, 0) is 18.7 Å². The first kappa shape index (κ1) is 10.3. The lowest BCUT2D eigenvalue weighted by Gasteiger charge is -1.95. The van der Waals surface area contributed by atoms with Crippen LogP contribution in [0, 0.1) is 0 Å². The first-order chi connectivity index (χ1) is 7.38. The first-order valence-electron chi connectivity index (χ1n) is 4.85. The molecule has 15 heavy (non-hydrogen) atoms. The monoisotopic (exact) mass is 219 g/mol. The lowest BCUT2D eigenvalue weighted by atomic mass is 10.2. The van der Waals surface area contributed by atoms with Crippen molar-refractivity contribution < 1.29 is 0 Å². The summed E-state index contributed by atoms with van der Waals surface area (Å²) in [6.45, 7) is 0.837. The molecule has 0 bridgehead atoms. The molecule has 2 aromatic heterocycles. The van der Waals surface area contributed by atoms with Gasteiger partial charge in [-0.15, -0.1) is 11.3 Å². The summed E-state index contributed by atoms with van der Waals surface area (Å²) in [4.78, 5) is 8.61. The first-order valence-corrected chi connectivity index (χ1v) is 5.73. The second kappa shape index (κ2) is 5.00. The van der Waals surface area contributed by atoms with Crippen LogP contribution >= 0.6 is 11.3 Å². The summed E-state index contributed by atoms with van der Waals surface area (Å²) in [6.07, 6.45) is 4.55. The zero-order chi connectivity index (χ0) is 10.5. The highest BCUT2D eigenvalue weighted by molar-refractivity contribution is 7.09. The molecule has 0 aromatic carbocycles. The van der Waals surface area contributed by atoms with Crippen molar-refractivity contribution in [3.05, 3.63) is 46.2 Å². The maximum Gasteiger partial charge on any atom is 0.0973 e. The van der Waals surface area contributed by atoms with Crippen LogP contribution < -0.4 is 5.32 Å². The van der Waals surface area contributed by atoms with E-state index >= 15 is 0 Å². The third-order valence-corrected chi connectivity index (χ3v) is 2.93. The van der Waals surface area contributed by atoms with Crippen LogP contribution in [0.4, 0.5) is 0 Å². The Morgan fingerprint density at radius 1 is 1.47 bits per heavy atom. The summed E-state index contributed by atoms with van der Waals surface area (Å²) in [5.41, 5.74) is 2.32. The zero-order valence-corrected chi connectivity index (χ0v) is 9.42. The highest BCUT2D eigenvalue weighted by atomic mass is 32.1. The molecule has 78 valence electrons. The Hall–Kier alpha value is -1.26. The summed E-state index contributed by atoms with van der Waals surface area (Å²) in [6, 6.07) is 4.03. The Kier molecular flexibility index (Phi) is 3.42. The van der Waals surface area contributed by atoms with E-state index in [-0.39, 0.29) is 0 Å². The summed E-state index contributed by atoms with van der Waals surface area (Å²) in [5, 5.41) is 6.34. The van der Waals surface area contributed by atoms with Gasteiger partial charge in [-0.3, -0.25) is 4.98 Å². The molecule has 2 heterocycles. The number of nitrogens with one attached hydrogen (secondary N) is 1. The molecule has 0 amide bonds. The van der Waals surface area contributed by atoms with Gasteiger partial charge in [0, 0.05) is 30.7 Å². The van der Waals surface area contributed by atoms with Crippen molar-refractivity contribution in [2.75, 3.05) is 7.05 Å². The average Bonchev–Trinajstić information content (AvgIpc) is 2.68. The summed E-state index contributed by atoms with van der Waals surface area (Å²) < 4.78 is 0. The number of hydrogen-bond acceptors (Lipinski definition) is 4. The number of nitrogens with zero attached hydrogens (tertiary/aromatic N) is 2. The second-order valence-electron chi connectivity index (χ2n) is 3.30. The maximum absolute atomic E-state index is 4.52. The smallest absolute Gasteiger partial charge is 0.0973 e. The van der Waals surface area contributed by atoms with Gasteiger partial charge in [0.25, 0.3) is 0 Å². The maximum atomic E-state index is 4.52. The molecule has 0 saturated carbocycles. The van der Waals surface area contributed by atoms with Crippen molar-refractivity contribution in [3.8, 4) is 0 Å². The van der Waals surface area contributed by atoms with Crippen molar-refractivity contribution in [2.24, 2.45) is 0 Å². The Bertz CT molecular complexity index is 411. The molecule has 0 aliphatic heterocycles. The molecule has 0 unspecified atom stereocenters. The van der Waals surface area contributed by atoms with Gasteiger partial charge in [0.15, 0.2) is 0 Å². The minimum atomic E-state index is 0.837. The number of pyridine rings is 1. The molecule has 0 fully saturated rings. The van der Waals surface area contributed by atoms with Crippen molar-refractivity contribution in [1.29, 1.82) is 0 Å². The van der Waals surface area contributed by atoms with Crippen LogP contribution in [-0.2, 0) is 13.0 Å². The Balaban J connectivity index is 2.05.